The number of carbonyl (C=O) groups is 1. The molecule has 142 valence electrons. The zero-order valence-corrected chi connectivity index (χ0v) is 16.3. The first-order valence-corrected chi connectivity index (χ1v) is 9.60. The van der Waals surface area contributed by atoms with Gasteiger partial charge in [-0.15, -0.1) is 0 Å². The van der Waals surface area contributed by atoms with Crippen LogP contribution < -0.4 is 9.47 Å². The molecule has 2 bridgehead atoms. The highest BCUT2D eigenvalue weighted by molar-refractivity contribution is 5.74. The van der Waals surface area contributed by atoms with Crippen LogP contribution in [0.1, 0.15) is 42.5 Å². The lowest BCUT2D eigenvalue weighted by Gasteiger charge is -2.51. The Labute approximate surface area is 161 Å². The first kappa shape index (κ1) is 17.9. The largest absolute Gasteiger partial charge is 0.497 e. The second-order valence-electron chi connectivity index (χ2n) is 7.95. The second kappa shape index (κ2) is 6.91. The minimum atomic E-state index is 0.147. The molecule has 1 heterocycles. The van der Waals surface area contributed by atoms with E-state index in [9.17, 15) is 4.79 Å². The third kappa shape index (κ3) is 3.29. The maximum absolute atomic E-state index is 12.3. The van der Waals surface area contributed by atoms with Gasteiger partial charge in [-0.05, 0) is 72.1 Å². The SMILES string of the molecule is COc1ccc(CC23CCN(C(C)=O)C(C2)c2cc(OC)ccc2C3)cc1. The Kier molecular flexibility index (Phi) is 4.58. The molecule has 2 aromatic rings. The van der Waals surface area contributed by atoms with Crippen LogP contribution in [0.3, 0.4) is 0 Å². The first-order valence-electron chi connectivity index (χ1n) is 9.60. The maximum Gasteiger partial charge on any atom is 0.219 e. The summed E-state index contributed by atoms with van der Waals surface area (Å²) in [6, 6.07) is 14.9. The smallest absolute Gasteiger partial charge is 0.219 e. The molecule has 2 atom stereocenters. The summed E-state index contributed by atoms with van der Waals surface area (Å²) >= 11 is 0. The minimum Gasteiger partial charge on any atom is -0.497 e. The van der Waals surface area contributed by atoms with Crippen LogP contribution in [-0.4, -0.2) is 31.6 Å². The summed E-state index contributed by atoms with van der Waals surface area (Å²) in [4.78, 5) is 14.3. The van der Waals surface area contributed by atoms with E-state index in [1.807, 2.05) is 23.1 Å². The number of fused-ring (bicyclic) bond motifs is 4. The molecule has 27 heavy (non-hydrogen) atoms. The molecule has 1 saturated heterocycles. The van der Waals surface area contributed by atoms with Crippen molar-refractivity contribution in [1.29, 1.82) is 0 Å². The molecule has 2 unspecified atom stereocenters. The molecule has 1 aliphatic carbocycles. The van der Waals surface area contributed by atoms with E-state index < -0.39 is 0 Å². The fourth-order valence-electron chi connectivity index (χ4n) is 4.93. The lowest BCUT2D eigenvalue weighted by molar-refractivity contribution is -0.135. The molecule has 2 aromatic carbocycles. The van der Waals surface area contributed by atoms with Gasteiger partial charge in [-0.1, -0.05) is 18.2 Å². The summed E-state index contributed by atoms with van der Waals surface area (Å²) in [6.07, 6.45) is 4.14. The third-order valence-corrected chi connectivity index (χ3v) is 6.31. The van der Waals surface area contributed by atoms with Gasteiger partial charge >= 0.3 is 0 Å². The summed E-state index contributed by atoms with van der Waals surface area (Å²) < 4.78 is 10.7. The van der Waals surface area contributed by atoms with E-state index in [0.29, 0.717) is 0 Å². The average molecular weight is 365 g/mol. The van der Waals surface area contributed by atoms with Crippen molar-refractivity contribution in [3.05, 3.63) is 59.2 Å². The molecule has 0 saturated carbocycles. The fourth-order valence-corrected chi connectivity index (χ4v) is 4.93. The van der Waals surface area contributed by atoms with Crippen LogP contribution in [0.5, 0.6) is 11.5 Å². The summed E-state index contributed by atoms with van der Waals surface area (Å²) in [5, 5.41) is 0. The molecule has 0 radical (unpaired) electrons. The average Bonchev–Trinajstić information content (AvgIpc) is 2.68. The molecule has 0 spiro atoms. The predicted molar refractivity (Wildman–Crippen MR) is 105 cm³/mol. The molecule has 1 amide bonds. The number of piperidine rings is 1. The topological polar surface area (TPSA) is 38.8 Å². The van der Waals surface area contributed by atoms with E-state index in [1.165, 1.54) is 16.7 Å². The van der Waals surface area contributed by atoms with Gasteiger partial charge in [0, 0.05) is 13.5 Å². The molecule has 0 N–H and O–H groups in total. The van der Waals surface area contributed by atoms with Crippen molar-refractivity contribution in [2.45, 2.75) is 38.6 Å². The van der Waals surface area contributed by atoms with Crippen LogP contribution >= 0.6 is 0 Å². The van der Waals surface area contributed by atoms with Crippen LogP contribution in [-0.2, 0) is 17.6 Å². The minimum absolute atomic E-state index is 0.147. The highest BCUT2D eigenvalue weighted by Gasteiger charge is 2.45. The van der Waals surface area contributed by atoms with Gasteiger partial charge in [0.15, 0.2) is 0 Å². The fraction of sp³-hybridized carbons (Fsp3) is 0.435. The summed E-state index contributed by atoms with van der Waals surface area (Å²) in [7, 11) is 3.39. The van der Waals surface area contributed by atoms with Gasteiger partial charge in [0.2, 0.25) is 5.91 Å². The molecule has 1 fully saturated rings. The number of hydrogen-bond donors (Lipinski definition) is 0. The van der Waals surface area contributed by atoms with E-state index in [2.05, 4.69) is 24.3 Å². The van der Waals surface area contributed by atoms with Gasteiger partial charge in [0.05, 0.1) is 20.3 Å². The second-order valence-corrected chi connectivity index (χ2v) is 7.95. The van der Waals surface area contributed by atoms with Gasteiger partial charge in [-0.2, -0.15) is 0 Å². The number of carbonyl (C=O) groups excluding carboxylic acids is 1. The Hall–Kier alpha value is -2.49. The zero-order chi connectivity index (χ0) is 19.0. The lowest BCUT2D eigenvalue weighted by atomic mass is 9.62. The van der Waals surface area contributed by atoms with E-state index in [1.54, 1.807) is 21.1 Å². The molecular weight excluding hydrogens is 338 g/mol. The predicted octanol–water partition coefficient (Wildman–Crippen LogP) is 4.17. The van der Waals surface area contributed by atoms with Crippen molar-refractivity contribution in [3.63, 3.8) is 0 Å². The molecule has 1 aliphatic heterocycles. The Bertz CT molecular complexity index is 845. The van der Waals surface area contributed by atoms with Crippen molar-refractivity contribution in [3.8, 4) is 11.5 Å². The summed E-state index contributed by atoms with van der Waals surface area (Å²) in [6.45, 7) is 2.51. The first-order chi connectivity index (χ1) is 13.0. The number of nitrogens with zero attached hydrogens (tertiary/aromatic N) is 1. The Morgan fingerprint density at radius 3 is 2.48 bits per heavy atom. The van der Waals surface area contributed by atoms with Crippen molar-refractivity contribution in [2.24, 2.45) is 5.41 Å². The highest BCUT2D eigenvalue weighted by atomic mass is 16.5. The number of likely N-dealkylation sites (tertiary alicyclic amines) is 1. The van der Waals surface area contributed by atoms with Crippen LogP contribution in [0.15, 0.2) is 42.5 Å². The normalized spacial score (nSPS) is 23.5. The van der Waals surface area contributed by atoms with E-state index in [0.717, 1.165) is 43.7 Å². The molecule has 4 rings (SSSR count). The van der Waals surface area contributed by atoms with Crippen LogP contribution in [0, 0.1) is 5.41 Å². The Balaban J connectivity index is 1.69. The quantitative estimate of drug-likeness (QED) is 0.816. The number of ether oxygens (including phenoxy) is 2. The molecular formula is C23H27NO3. The number of amides is 1. The van der Waals surface area contributed by atoms with Crippen LogP contribution in [0.4, 0.5) is 0 Å². The van der Waals surface area contributed by atoms with Crippen molar-refractivity contribution >= 4 is 5.91 Å². The van der Waals surface area contributed by atoms with E-state index in [4.69, 9.17) is 9.47 Å². The van der Waals surface area contributed by atoms with Crippen molar-refractivity contribution in [1.82, 2.24) is 4.90 Å². The van der Waals surface area contributed by atoms with Gasteiger partial charge in [-0.3, -0.25) is 4.79 Å². The van der Waals surface area contributed by atoms with Gasteiger partial charge in [0.25, 0.3) is 0 Å². The highest BCUT2D eigenvalue weighted by Crippen LogP contribution is 2.51. The summed E-state index contributed by atoms with van der Waals surface area (Å²) in [5.74, 6) is 1.92. The Morgan fingerprint density at radius 2 is 1.81 bits per heavy atom. The lowest BCUT2D eigenvalue weighted by Crippen LogP contribution is -2.49. The Morgan fingerprint density at radius 1 is 1.11 bits per heavy atom. The maximum atomic E-state index is 12.3. The van der Waals surface area contributed by atoms with Crippen molar-refractivity contribution < 1.29 is 14.3 Å². The van der Waals surface area contributed by atoms with Gasteiger partial charge in [-0.25, -0.2) is 0 Å². The summed E-state index contributed by atoms with van der Waals surface area (Å²) in [5.41, 5.74) is 4.15. The monoisotopic (exact) mass is 365 g/mol. The van der Waals surface area contributed by atoms with Gasteiger partial charge in [0.1, 0.15) is 11.5 Å². The van der Waals surface area contributed by atoms with E-state index in [-0.39, 0.29) is 17.4 Å². The molecule has 4 heteroatoms. The standard InChI is InChI=1S/C23H27NO3/c1-16(25)24-11-10-23(13-17-4-7-19(26-2)8-5-17)14-18-6-9-20(27-3)12-21(18)22(24)15-23/h4-9,12,22H,10-11,13-15H2,1-3H3. The molecule has 2 aliphatic rings. The van der Waals surface area contributed by atoms with E-state index >= 15 is 0 Å². The van der Waals surface area contributed by atoms with Crippen molar-refractivity contribution in [2.75, 3.05) is 20.8 Å². The number of methoxy groups -OCH3 is 2. The number of hydrogen-bond acceptors (Lipinski definition) is 3. The van der Waals surface area contributed by atoms with Crippen LogP contribution in [0.2, 0.25) is 0 Å². The zero-order valence-electron chi connectivity index (χ0n) is 16.3. The molecule has 0 aromatic heterocycles. The van der Waals surface area contributed by atoms with Gasteiger partial charge < -0.3 is 14.4 Å². The number of rotatable bonds is 4. The number of benzene rings is 2. The third-order valence-electron chi connectivity index (χ3n) is 6.31. The molecule has 4 nitrogen and oxygen atoms in total. The van der Waals surface area contributed by atoms with Crippen LogP contribution in [0.25, 0.3) is 0 Å².